The first-order valence-electron chi connectivity index (χ1n) is 9.02. The van der Waals surface area contributed by atoms with E-state index >= 15 is 0 Å². The first-order valence-corrected chi connectivity index (χ1v) is 11.7. The van der Waals surface area contributed by atoms with Gasteiger partial charge in [0.15, 0.2) is 6.23 Å². The van der Waals surface area contributed by atoms with Crippen molar-refractivity contribution in [3.63, 3.8) is 0 Å². The Labute approximate surface area is 169 Å². The first-order chi connectivity index (χ1) is 13.4. The van der Waals surface area contributed by atoms with Gasteiger partial charge in [-0.3, -0.25) is 4.57 Å². The highest BCUT2D eigenvalue weighted by atomic mass is 31.2. The van der Waals surface area contributed by atoms with Gasteiger partial charge in [-0.25, -0.2) is 10.5 Å². The smallest absolute Gasteiger partial charge is 0.350 e. The number of likely N-dealkylation sites (N-methyl/N-ethyl adjacent to an activating group) is 1. The lowest BCUT2D eigenvalue weighted by molar-refractivity contribution is -0.0750. The van der Waals surface area contributed by atoms with Crippen molar-refractivity contribution in [2.24, 2.45) is 11.8 Å². The molecule has 2 rings (SSSR count). The average Bonchev–Trinajstić information content (AvgIpc) is 3.47. The summed E-state index contributed by atoms with van der Waals surface area (Å²) in [5.41, 5.74) is -0.272. The van der Waals surface area contributed by atoms with Gasteiger partial charge in [-0.15, -0.1) is 0 Å². The second-order valence-corrected chi connectivity index (χ2v) is 9.70. The lowest BCUT2D eigenvalue weighted by atomic mass is 10.1. The van der Waals surface area contributed by atoms with E-state index in [2.05, 4.69) is 6.58 Å². The van der Waals surface area contributed by atoms with Crippen LogP contribution in [0, 0.1) is 5.92 Å². The van der Waals surface area contributed by atoms with Gasteiger partial charge in [-0.1, -0.05) is 20.4 Å². The van der Waals surface area contributed by atoms with Gasteiger partial charge in [-0.2, -0.15) is 0 Å². The van der Waals surface area contributed by atoms with Crippen molar-refractivity contribution in [3.05, 3.63) is 12.8 Å². The first kappa shape index (κ1) is 25.9. The lowest BCUT2D eigenvalue weighted by Gasteiger charge is -2.28. The van der Waals surface area contributed by atoms with E-state index in [1.54, 1.807) is 18.2 Å². The maximum atomic E-state index is 12.7. The highest BCUT2D eigenvalue weighted by Crippen LogP contribution is 2.66. The Morgan fingerprint density at radius 1 is 1.21 bits per heavy atom. The molecule has 2 aliphatic rings. The molecule has 1 aliphatic heterocycles. The van der Waals surface area contributed by atoms with Crippen molar-refractivity contribution in [3.8, 4) is 0 Å². The summed E-state index contributed by atoms with van der Waals surface area (Å²) in [7, 11) is 2.60. The highest BCUT2D eigenvalue weighted by molar-refractivity contribution is 7.55. The maximum absolute atomic E-state index is 12.7. The number of nitrogens with zero attached hydrogens (tertiary/aromatic N) is 1. The summed E-state index contributed by atoms with van der Waals surface area (Å²) in [4.78, 5) is 1.78. The van der Waals surface area contributed by atoms with Crippen LogP contribution in [0.1, 0.15) is 20.3 Å². The van der Waals surface area contributed by atoms with Gasteiger partial charge < -0.3 is 32.5 Å². The van der Waals surface area contributed by atoms with Crippen LogP contribution < -0.4 is 5.90 Å². The second-order valence-electron chi connectivity index (χ2n) is 5.99. The molecule has 0 aromatic rings. The van der Waals surface area contributed by atoms with Gasteiger partial charge in [0.1, 0.15) is 12.2 Å². The molecule has 0 aromatic heterocycles. The molecule has 1 saturated carbocycles. The molecule has 7 unspecified atom stereocenters. The molecule has 1 aliphatic carbocycles. The number of ether oxygens (including phenoxy) is 2. The molecule has 0 spiro atoms. The highest BCUT2D eigenvalue weighted by Gasteiger charge is 2.62. The van der Waals surface area contributed by atoms with Crippen molar-refractivity contribution in [1.82, 2.24) is 4.90 Å². The van der Waals surface area contributed by atoms with E-state index in [-0.39, 0.29) is 11.6 Å². The van der Waals surface area contributed by atoms with E-state index < -0.39 is 40.7 Å². The largest absolute Gasteiger partial charge is 0.374 e. The number of hydrogen-bond donors (Lipinski definition) is 1. The fourth-order valence-corrected chi connectivity index (χ4v) is 5.78. The molecule has 2 fully saturated rings. The fourth-order valence-electron chi connectivity index (χ4n) is 3.28. The average molecular weight is 444 g/mol. The van der Waals surface area contributed by atoms with E-state index in [1.807, 2.05) is 20.9 Å². The van der Waals surface area contributed by atoms with Gasteiger partial charge in [0.25, 0.3) is 0 Å². The topological polar surface area (TPSA) is 111 Å². The predicted molar refractivity (Wildman–Crippen MR) is 106 cm³/mol. The van der Waals surface area contributed by atoms with Crippen LogP contribution in [0.15, 0.2) is 12.8 Å². The van der Waals surface area contributed by atoms with Crippen LogP contribution in [0.4, 0.5) is 0 Å². The standard InChI is InChI=1S/C14H28N2O8P2.C2H6/c1-7-16(2)14-13(18-3)12(23-25(19-4)24-15)11(22-14)9-8-10(9)26(17,20-5)21-6;1-2/h7,9-14H,1,8,15H2,2-6H3;1-2H3. The quantitative estimate of drug-likeness (QED) is 0.377. The molecular formula is C16H34N2O8P2. The minimum Gasteiger partial charge on any atom is -0.374 e. The van der Waals surface area contributed by atoms with Crippen LogP contribution >= 0.6 is 16.2 Å². The molecule has 2 N–H and O–H groups in total. The van der Waals surface area contributed by atoms with E-state index in [1.165, 1.54) is 21.3 Å². The second kappa shape index (κ2) is 11.9. The van der Waals surface area contributed by atoms with Crippen LogP contribution in [0.5, 0.6) is 0 Å². The van der Waals surface area contributed by atoms with Crippen LogP contribution in [-0.2, 0) is 36.8 Å². The normalized spacial score (nSPS) is 33.0. The lowest BCUT2D eigenvalue weighted by Crippen LogP contribution is -2.42. The van der Waals surface area contributed by atoms with E-state index in [4.69, 9.17) is 38.1 Å². The van der Waals surface area contributed by atoms with Crippen molar-refractivity contribution < 1.29 is 36.8 Å². The molecule has 28 heavy (non-hydrogen) atoms. The summed E-state index contributed by atoms with van der Waals surface area (Å²) in [6, 6.07) is 0. The molecule has 166 valence electrons. The third kappa shape index (κ3) is 5.52. The van der Waals surface area contributed by atoms with E-state index in [0.29, 0.717) is 6.42 Å². The Bertz CT molecular complexity index is 517. The zero-order chi connectivity index (χ0) is 21.5. The molecule has 1 heterocycles. The van der Waals surface area contributed by atoms with Crippen molar-refractivity contribution >= 4 is 16.2 Å². The third-order valence-corrected chi connectivity index (χ3v) is 8.08. The van der Waals surface area contributed by atoms with Crippen molar-refractivity contribution in [2.45, 2.75) is 50.5 Å². The predicted octanol–water partition coefficient (Wildman–Crippen LogP) is 2.85. The SMILES string of the molecule is C=CN(C)C1OC(C2CC2P(=O)(OC)OC)C(OP(OC)ON)C1OC.CC. The zero-order valence-corrected chi connectivity index (χ0v) is 19.4. The van der Waals surface area contributed by atoms with Gasteiger partial charge >= 0.3 is 16.2 Å². The van der Waals surface area contributed by atoms with Crippen molar-refractivity contribution in [2.75, 3.05) is 35.5 Å². The summed E-state index contributed by atoms with van der Waals surface area (Å²) in [5.74, 6) is 5.15. The Balaban J connectivity index is 0.00000190. The van der Waals surface area contributed by atoms with Gasteiger partial charge in [0, 0.05) is 41.4 Å². The number of nitrogens with two attached hydrogens (primary N) is 1. The minimum atomic E-state index is -3.20. The molecule has 0 bridgehead atoms. The maximum Gasteiger partial charge on any atom is 0.350 e. The Kier molecular flexibility index (Phi) is 11.0. The Hall–Kier alpha value is -0.120. The molecule has 0 radical (unpaired) electrons. The Morgan fingerprint density at radius 2 is 1.82 bits per heavy atom. The minimum absolute atomic E-state index is 0.0851. The van der Waals surface area contributed by atoms with E-state index in [0.717, 1.165) is 0 Å². The molecule has 1 saturated heterocycles. The monoisotopic (exact) mass is 444 g/mol. The summed E-state index contributed by atoms with van der Waals surface area (Å²) >= 11 is 0. The summed E-state index contributed by atoms with van der Waals surface area (Å²) in [6.45, 7) is 7.76. The Morgan fingerprint density at radius 3 is 2.25 bits per heavy atom. The third-order valence-electron chi connectivity index (χ3n) is 4.77. The summed E-state index contributed by atoms with van der Waals surface area (Å²) in [5, 5.41) is 0. The number of hydrogen-bond acceptors (Lipinski definition) is 10. The number of rotatable bonds is 11. The van der Waals surface area contributed by atoms with Crippen LogP contribution in [0.3, 0.4) is 0 Å². The van der Waals surface area contributed by atoms with Gasteiger partial charge in [0.05, 0.1) is 11.8 Å². The molecule has 0 amide bonds. The van der Waals surface area contributed by atoms with Crippen LogP contribution in [0.25, 0.3) is 0 Å². The van der Waals surface area contributed by atoms with Gasteiger partial charge in [0.2, 0.25) is 0 Å². The number of methoxy groups -OCH3 is 1. The molecule has 0 aromatic carbocycles. The molecular weight excluding hydrogens is 410 g/mol. The molecule has 10 nitrogen and oxygen atoms in total. The van der Waals surface area contributed by atoms with E-state index in [9.17, 15) is 4.57 Å². The summed E-state index contributed by atoms with van der Waals surface area (Å²) in [6.07, 6.45) is 0.395. The van der Waals surface area contributed by atoms with Gasteiger partial charge in [-0.05, 0) is 12.6 Å². The van der Waals surface area contributed by atoms with Crippen LogP contribution in [0.2, 0.25) is 0 Å². The summed E-state index contributed by atoms with van der Waals surface area (Å²) < 4.78 is 50.5. The molecule has 12 heteroatoms. The van der Waals surface area contributed by atoms with Crippen molar-refractivity contribution in [1.29, 1.82) is 0 Å². The fraction of sp³-hybridized carbons (Fsp3) is 0.875. The molecule has 7 atom stereocenters. The zero-order valence-electron chi connectivity index (χ0n) is 17.6. The van der Waals surface area contributed by atoms with Crippen LogP contribution in [-0.4, -0.2) is 70.6 Å².